The minimum atomic E-state index is -0.794. The van der Waals surface area contributed by atoms with Crippen LogP contribution in [0.4, 0.5) is 0 Å². The first-order valence-electron chi connectivity index (χ1n) is 34.7. The summed E-state index contributed by atoms with van der Waals surface area (Å²) in [4.78, 5) is 38.5. The SMILES string of the molecule is CCCCC/C=C\C/C=C\C/C=C\CCCCCCCCC(=O)OCC(COC(=O)CCCCCCCCCCCCCCC/C=C\C/C=C\CCCCCCC)OC(=O)CCCCCCCC/C=C\C/C=C\C/C=C\CCCCC. The predicted molar refractivity (Wildman–Crippen MR) is 353 cm³/mol. The molecule has 0 aromatic carbocycles. The molecule has 0 rings (SSSR count). The molecular weight excluding hydrogens is 997 g/mol. The van der Waals surface area contributed by atoms with E-state index in [-0.39, 0.29) is 31.1 Å². The molecule has 0 radical (unpaired) electrons. The monoisotopic (exact) mass is 1130 g/mol. The highest BCUT2D eigenvalue weighted by Crippen LogP contribution is 2.16. The van der Waals surface area contributed by atoms with Gasteiger partial charge in [0.15, 0.2) is 6.10 Å². The summed E-state index contributed by atoms with van der Waals surface area (Å²) in [5, 5.41) is 0. The molecule has 0 saturated carbocycles. The van der Waals surface area contributed by atoms with Gasteiger partial charge in [-0.15, -0.1) is 0 Å². The summed E-state index contributed by atoms with van der Waals surface area (Å²) in [7, 11) is 0. The lowest BCUT2D eigenvalue weighted by Crippen LogP contribution is -2.30. The van der Waals surface area contributed by atoms with Crippen molar-refractivity contribution in [2.24, 2.45) is 0 Å². The van der Waals surface area contributed by atoms with Gasteiger partial charge in [-0.2, -0.15) is 0 Å². The lowest BCUT2D eigenvalue weighted by Gasteiger charge is -2.18. The molecule has 0 aliphatic heterocycles. The second kappa shape index (κ2) is 68.8. The Bertz CT molecular complexity index is 1580. The van der Waals surface area contributed by atoms with Crippen LogP contribution in [-0.2, 0) is 28.6 Å². The molecule has 1 unspecified atom stereocenters. The number of carbonyl (C=O) groups is 3. The zero-order valence-corrected chi connectivity index (χ0v) is 53.5. The first kappa shape index (κ1) is 77.3. The van der Waals surface area contributed by atoms with E-state index in [2.05, 4.69) is 118 Å². The Morgan fingerprint density at radius 1 is 0.247 bits per heavy atom. The summed E-state index contributed by atoms with van der Waals surface area (Å²) in [6, 6.07) is 0. The number of hydrogen-bond donors (Lipinski definition) is 0. The van der Waals surface area contributed by atoms with Gasteiger partial charge in [0.2, 0.25) is 0 Å². The van der Waals surface area contributed by atoms with Crippen LogP contribution in [0.2, 0.25) is 0 Å². The second-order valence-corrected chi connectivity index (χ2v) is 23.1. The van der Waals surface area contributed by atoms with E-state index in [4.69, 9.17) is 14.2 Å². The smallest absolute Gasteiger partial charge is 0.306 e. The Morgan fingerprint density at radius 2 is 0.444 bits per heavy atom. The fourth-order valence-electron chi connectivity index (χ4n) is 9.78. The summed E-state index contributed by atoms with van der Waals surface area (Å²) in [5.41, 5.74) is 0. The van der Waals surface area contributed by atoms with Crippen LogP contribution in [0.15, 0.2) is 97.2 Å². The molecule has 0 aromatic heterocycles. The van der Waals surface area contributed by atoms with Gasteiger partial charge in [0.1, 0.15) is 13.2 Å². The quantitative estimate of drug-likeness (QED) is 0.0261. The largest absolute Gasteiger partial charge is 0.462 e. The van der Waals surface area contributed by atoms with Crippen molar-refractivity contribution in [1.29, 1.82) is 0 Å². The van der Waals surface area contributed by atoms with Crippen molar-refractivity contribution in [2.75, 3.05) is 13.2 Å². The van der Waals surface area contributed by atoms with E-state index in [1.807, 2.05) is 0 Å². The summed E-state index contributed by atoms with van der Waals surface area (Å²) < 4.78 is 17.0. The third kappa shape index (κ3) is 67.0. The number of ether oxygens (including phenoxy) is 3. The molecule has 0 N–H and O–H groups in total. The summed E-state index contributed by atoms with van der Waals surface area (Å²) in [6.07, 6.45) is 92.7. The van der Waals surface area contributed by atoms with Crippen molar-refractivity contribution in [3.05, 3.63) is 97.2 Å². The minimum Gasteiger partial charge on any atom is -0.462 e. The van der Waals surface area contributed by atoms with Gasteiger partial charge in [-0.1, -0.05) is 291 Å². The summed E-state index contributed by atoms with van der Waals surface area (Å²) in [5.74, 6) is -0.899. The maximum absolute atomic E-state index is 12.9. The number of hydrogen-bond acceptors (Lipinski definition) is 6. The average molecular weight is 1130 g/mol. The molecule has 1 atom stereocenters. The summed E-state index contributed by atoms with van der Waals surface area (Å²) >= 11 is 0. The molecule has 466 valence electrons. The number of unbranched alkanes of at least 4 members (excludes halogenated alkanes) is 36. The fourth-order valence-corrected chi connectivity index (χ4v) is 9.78. The van der Waals surface area contributed by atoms with Crippen LogP contribution in [-0.4, -0.2) is 37.2 Å². The molecule has 0 aromatic rings. The van der Waals surface area contributed by atoms with Gasteiger partial charge >= 0.3 is 17.9 Å². The predicted octanol–water partition coefficient (Wildman–Crippen LogP) is 24.0. The standard InChI is InChI=1S/C75H130O6/c1-4-7-10-13-16-19-22-25-28-31-34-35-36-37-38-39-42-44-47-50-53-56-59-62-65-68-74(77)80-71-72(81-75(78)69-66-63-60-57-54-51-48-45-41-33-30-27-24-21-18-15-12-9-6-3)70-79-73(76)67-64-61-58-55-52-49-46-43-40-32-29-26-23-20-17-14-11-8-5-2/h17-18,20-22,25-27,29-31,34,40-41,43,45,72H,4-16,19,23-24,28,32-33,35-39,42,44,46-71H2,1-3H3/b20-17-,21-18-,25-22-,29-26-,30-27-,34-31-,43-40-,45-41-. The van der Waals surface area contributed by atoms with Gasteiger partial charge in [-0.05, 0) is 128 Å². The molecule has 0 spiro atoms. The molecule has 6 nitrogen and oxygen atoms in total. The van der Waals surface area contributed by atoms with E-state index >= 15 is 0 Å². The van der Waals surface area contributed by atoms with Gasteiger partial charge in [-0.3, -0.25) is 14.4 Å². The van der Waals surface area contributed by atoms with Crippen molar-refractivity contribution in [3.8, 4) is 0 Å². The molecule has 0 saturated heterocycles. The molecule has 0 aliphatic carbocycles. The van der Waals surface area contributed by atoms with Crippen LogP contribution in [0.25, 0.3) is 0 Å². The summed E-state index contributed by atoms with van der Waals surface area (Å²) in [6.45, 7) is 6.59. The third-order valence-electron chi connectivity index (χ3n) is 15.0. The van der Waals surface area contributed by atoms with Crippen molar-refractivity contribution in [1.82, 2.24) is 0 Å². The zero-order valence-electron chi connectivity index (χ0n) is 53.5. The topological polar surface area (TPSA) is 78.9 Å². The molecule has 0 bridgehead atoms. The third-order valence-corrected chi connectivity index (χ3v) is 15.0. The van der Waals surface area contributed by atoms with E-state index < -0.39 is 6.10 Å². The second-order valence-electron chi connectivity index (χ2n) is 23.1. The maximum Gasteiger partial charge on any atom is 0.306 e. The van der Waals surface area contributed by atoms with Crippen molar-refractivity contribution >= 4 is 17.9 Å². The van der Waals surface area contributed by atoms with Gasteiger partial charge in [0.25, 0.3) is 0 Å². The Morgan fingerprint density at radius 3 is 0.716 bits per heavy atom. The van der Waals surface area contributed by atoms with Gasteiger partial charge in [0.05, 0.1) is 0 Å². The molecule has 0 fully saturated rings. The Hall–Kier alpha value is -3.67. The molecule has 81 heavy (non-hydrogen) atoms. The van der Waals surface area contributed by atoms with Gasteiger partial charge < -0.3 is 14.2 Å². The van der Waals surface area contributed by atoms with Crippen LogP contribution in [0.3, 0.4) is 0 Å². The molecular formula is C75H130O6. The molecule has 0 aliphatic rings. The average Bonchev–Trinajstić information content (AvgIpc) is 3.47. The first-order chi connectivity index (χ1) is 40.0. The maximum atomic E-state index is 12.9. The van der Waals surface area contributed by atoms with Crippen molar-refractivity contribution in [2.45, 2.75) is 348 Å². The van der Waals surface area contributed by atoms with Crippen LogP contribution in [0, 0.1) is 0 Å². The molecule has 0 amide bonds. The highest BCUT2D eigenvalue weighted by atomic mass is 16.6. The van der Waals surface area contributed by atoms with Gasteiger partial charge in [-0.25, -0.2) is 0 Å². The van der Waals surface area contributed by atoms with Crippen LogP contribution >= 0.6 is 0 Å². The molecule has 0 heterocycles. The van der Waals surface area contributed by atoms with E-state index in [1.54, 1.807) is 0 Å². The zero-order chi connectivity index (χ0) is 58.5. The number of carbonyl (C=O) groups excluding carboxylic acids is 3. The number of esters is 3. The van der Waals surface area contributed by atoms with Crippen LogP contribution in [0.1, 0.15) is 342 Å². The van der Waals surface area contributed by atoms with Crippen LogP contribution < -0.4 is 0 Å². The fraction of sp³-hybridized carbons (Fsp3) is 0.747. The van der Waals surface area contributed by atoms with Crippen molar-refractivity contribution in [3.63, 3.8) is 0 Å². The van der Waals surface area contributed by atoms with Crippen LogP contribution in [0.5, 0.6) is 0 Å². The number of allylic oxidation sites excluding steroid dienone is 16. The lowest BCUT2D eigenvalue weighted by atomic mass is 10.0. The molecule has 6 heteroatoms. The van der Waals surface area contributed by atoms with E-state index in [0.717, 1.165) is 109 Å². The van der Waals surface area contributed by atoms with Crippen molar-refractivity contribution < 1.29 is 28.6 Å². The number of rotatable bonds is 63. The van der Waals surface area contributed by atoms with E-state index in [9.17, 15) is 14.4 Å². The highest BCUT2D eigenvalue weighted by Gasteiger charge is 2.19. The Kier molecular flexibility index (Phi) is 65.7. The Labute approximate surface area is 502 Å². The lowest BCUT2D eigenvalue weighted by molar-refractivity contribution is -0.167. The Balaban J connectivity index is 4.39. The van der Waals surface area contributed by atoms with E-state index in [0.29, 0.717) is 19.3 Å². The highest BCUT2D eigenvalue weighted by molar-refractivity contribution is 5.71. The first-order valence-corrected chi connectivity index (χ1v) is 34.7. The minimum absolute atomic E-state index is 0.0867. The van der Waals surface area contributed by atoms with E-state index in [1.165, 1.54) is 193 Å². The normalized spacial score (nSPS) is 12.7. The van der Waals surface area contributed by atoms with Gasteiger partial charge in [0, 0.05) is 19.3 Å².